The maximum Gasteiger partial charge on any atom is 0.140 e. The van der Waals surface area contributed by atoms with Gasteiger partial charge < -0.3 is 0 Å². The van der Waals surface area contributed by atoms with Crippen LogP contribution in [0.1, 0.15) is 5.56 Å². The van der Waals surface area contributed by atoms with E-state index < -0.39 is 0 Å². The van der Waals surface area contributed by atoms with Crippen LogP contribution in [0.3, 0.4) is 0 Å². The number of rotatable bonds is 0. The number of allylic oxidation sites excluding steroid dienone is 4. The van der Waals surface area contributed by atoms with Crippen LogP contribution in [0.4, 0.5) is 0 Å². The zero-order valence-electron chi connectivity index (χ0n) is 8.86. The van der Waals surface area contributed by atoms with Crippen LogP contribution < -0.4 is 5.46 Å². The van der Waals surface area contributed by atoms with E-state index in [1.54, 1.807) is 0 Å². The molecule has 74 valence electrons. The van der Waals surface area contributed by atoms with Gasteiger partial charge in [-0.3, -0.25) is 0 Å². The van der Waals surface area contributed by atoms with E-state index in [-0.39, 0.29) is 0 Å². The molecule has 0 nitrogen and oxygen atoms in total. The Bertz CT molecular complexity index is 444. The molecule has 0 fully saturated rings. The molecule has 0 spiro atoms. The Kier molecular flexibility index (Phi) is 3.17. The third-order valence-electron chi connectivity index (χ3n) is 2.43. The molecule has 1 aromatic carbocycles. The number of fused-ring (bicyclic) bond motifs is 1. The van der Waals surface area contributed by atoms with Crippen molar-refractivity contribution in [3.63, 3.8) is 0 Å². The van der Waals surface area contributed by atoms with Gasteiger partial charge in [0.25, 0.3) is 0 Å². The van der Waals surface area contributed by atoms with Crippen LogP contribution in [-0.2, 0) is 0 Å². The highest BCUT2D eigenvalue weighted by molar-refractivity contribution is 7.99. The quantitative estimate of drug-likeness (QED) is 0.594. The topological polar surface area (TPSA) is 0 Å². The average molecular weight is 212 g/mol. The van der Waals surface area contributed by atoms with E-state index in [1.807, 2.05) is 11.8 Å². The normalized spacial score (nSPS) is 19.6. The van der Waals surface area contributed by atoms with Crippen LogP contribution in [0, 0.1) is 0 Å². The van der Waals surface area contributed by atoms with Crippen molar-refractivity contribution in [2.75, 3.05) is 5.75 Å². The zero-order valence-corrected chi connectivity index (χ0v) is 9.68. The van der Waals surface area contributed by atoms with Crippen LogP contribution >= 0.6 is 11.8 Å². The van der Waals surface area contributed by atoms with Crippen molar-refractivity contribution in [1.82, 2.24) is 0 Å². The van der Waals surface area contributed by atoms with Crippen molar-refractivity contribution >= 4 is 30.6 Å². The van der Waals surface area contributed by atoms with Gasteiger partial charge in [-0.05, 0) is 11.1 Å². The summed E-state index contributed by atoms with van der Waals surface area (Å²) in [6, 6.07) is 6.40. The Morgan fingerprint density at radius 2 is 2.13 bits per heavy atom. The number of hydrogen-bond acceptors (Lipinski definition) is 1. The number of hydrogen-bond donors (Lipinski definition) is 0. The maximum atomic E-state index is 4.11. The monoisotopic (exact) mass is 212 g/mol. The van der Waals surface area contributed by atoms with E-state index >= 15 is 0 Å². The van der Waals surface area contributed by atoms with Gasteiger partial charge in [-0.2, -0.15) is 0 Å². The first-order chi connectivity index (χ1) is 7.29. The van der Waals surface area contributed by atoms with Crippen molar-refractivity contribution in [3.8, 4) is 0 Å². The lowest BCUT2D eigenvalue weighted by Gasteiger charge is -2.11. The van der Waals surface area contributed by atoms with Crippen LogP contribution in [0.2, 0.25) is 0 Å². The molecule has 0 radical (unpaired) electrons. The first-order valence-corrected chi connectivity index (χ1v) is 6.02. The summed E-state index contributed by atoms with van der Waals surface area (Å²) in [5.74, 6) is 1.02. The molecule has 1 heterocycles. The van der Waals surface area contributed by atoms with Crippen molar-refractivity contribution in [1.29, 1.82) is 0 Å². The molecule has 0 amide bonds. The second-order valence-corrected chi connectivity index (χ2v) is 4.61. The van der Waals surface area contributed by atoms with Crippen LogP contribution in [0.25, 0.3) is 5.57 Å². The highest BCUT2D eigenvalue weighted by atomic mass is 32.2. The van der Waals surface area contributed by atoms with E-state index in [0.29, 0.717) is 0 Å². The van der Waals surface area contributed by atoms with Gasteiger partial charge in [0.15, 0.2) is 0 Å². The van der Waals surface area contributed by atoms with Crippen molar-refractivity contribution < 1.29 is 0 Å². The van der Waals surface area contributed by atoms with Gasteiger partial charge in [-0.1, -0.05) is 54.5 Å². The summed E-state index contributed by atoms with van der Waals surface area (Å²) >= 11 is 1.88. The van der Waals surface area contributed by atoms with Crippen LogP contribution in [0.5, 0.6) is 0 Å². The minimum atomic E-state index is 1.02. The number of benzene rings is 1. The fraction of sp³-hybridized carbons (Fsp3) is 0.0769. The fourth-order valence-corrected chi connectivity index (χ4v) is 2.65. The molecule has 0 atom stereocenters. The second kappa shape index (κ2) is 4.58. The van der Waals surface area contributed by atoms with Crippen LogP contribution in [0.15, 0.2) is 54.0 Å². The molecule has 0 saturated heterocycles. The minimum absolute atomic E-state index is 1.02. The Hall–Kier alpha value is -1.15. The SMILES string of the molecule is Bc1cccc2c1SC/C=C\C=C/C2=C. The summed E-state index contributed by atoms with van der Waals surface area (Å²) in [7, 11) is 2.16. The molecule has 2 rings (SSSR count). The van der Waals surface area contributed by atoms with Gasteiger partial charge in [0.1, 0.15) is 7.85 Å². The summed E-state index contributed by atoms with van der Waals surface area (Å²) in [6.07, 6.45) is 8.39. The van der Waals surface area contributed by atoms with Crippen molar-refractivity contribution in [2.45, 2.75) is 4.90 Å². The maximum absolute atomic E-state index is 4.11. The third-order valence-corrected chi connectivity index (χ3v) is 3.62. The van der Waals surface area contributed by atoms with E-state index in [2.05, 4.69) is 56.9 Å². The third kappa shape index (κ3) is 2.27. The van der Waals surface area contributed by atoms with E-state index in [1.165, 1.54) is 15.9 Å². The lowest BCUT2D eigenvalue weighted by atomic mass is 9.92. The molecular weight excluding hydrogens is 199 g/mol. The highest BCUT2D eigenvalue weighted by Crippen LogP contribution is 2.27. The summed E-state index contributed by atoms with van der Waals surface area (Å²) in [5, 5.41) is 0. The molecule has 0 N–H and O–H groups in total. The predicted molar refractivity (Wildman–Crippen MR) is 72.7 cm³/mol. The molecule has 15 heavy (non-hydrogen) atoms. The Labute approximate surface area is 96.2 Å². The average Bonchev–Trinajstić information content (AvgIpc) is 2.32. The standard InChI is InChI=1S/C13H13BS/c1-10-6-3-2-4-9-15-13-11(10)7-5-8-12(13)14/h2-8H,1,9,14H2/b4-2-,6-3-. The highest BCUT2D eigenvalue weighted by Gasteiger charge is 2.07. The van der Waals surface area contributed by atoms with Crippen molar-refractivity contribution in [3.05, 3.63) is 54.6 Å². The van der Waals surface area contributed by atoms with E-state index in [9.17, 15) is 0 Å². The summed E-state index contributed by atoms with van der Waals surface area (Å²) in [6.45, 7) is 4.11. The van der Waals surface area contributed by atoms with E-state index in [0.717, 1.165) is 11.3 Å². The molecule has 1 aromatic rings. The summed E-state index contributed by atoms with van der Waals surface area (Å²) in [5.41, 5.74) is 3.69. The largest absolute Gasteiger partial charge is 0.140 e. The molecule has 0 bridgehead atoms. The lowest BCUT2D eigenvalue weighted by Crippen LogP contribution is -2.08. The molecule has 0 aliphatic carbocycles. The zero-order chi connectivity index (χ0) is 10.7. The first-order valence-electron chi connectivity index (χ1n) is 5.04. The van der Waals surface area contributed by atoms with Gasteiger partial charge in [0.2, 0.25) is 0 Å². The Balaban J connectivity index is 2.53. The summed E-state index contributed by atoms with van der Waals surface area (Å²) in [4.78, 5) is 1.36. The van der Waals surface area contributed by atoms with Crippen LogP contribution in [-0.4, -0.2) is 13.6 Å². The second-order valence-electron chi connectivity index (χ2n) is 3.58. The van der Waals surface area contributed by atoms with Gasteiger partial charge in [0.05, 0.1) is 0 Å². The van der Waals surface area contributed by atoms with E-state index in [4.69, 9.17) is 0 Å². The lowest BCUT2D eigenvalue weighted by molar-refractivity contribution is 1.45. The molecule has 0 unspecified atom stereocenters. The Morgan fingerprint density at radius 3 is 3.00 bits per heavy atom. The van der Waals surface area contributed by atoms with Gasteiger partial charge >= 0.3 is 0 Å². The smallest absolute Gasteiger partial charge is 0.122 e. The van der Waals surface area contributed by atoms with Gasteiger partial charge in [-0.15, -0.1) is 11.8 Å². The first kappa shape index (κ1) is 10.4. The molecule has 2 heteroatoms. The molecule has 0 saturated carbocycles. The molecular formula is C13H13BS. The molecule has 1 aliphatic heterocycles. The molecule has 0 aromatic heterocycles. The fourth-order valence-electron chi connectivity index (χ4n) is 1.62. The number of thioether (sulfide) groups is 1. The summed E-state index contributed by atoms with van der Waals surface area (Å²) < 4.78 is 0. The Morgan fingerprint density at radius 1 is 1.27 bits per heavy atom. The minimum Gasteiger partial charge on any atom is -0.122 e. The van der Waals surface area contributed by atoms with Crippen molar-refractivity contribution in [2.24, 2.45) is 0 Å². The van der Waals surface area contributed by atoms with Gasteiger partial charge in [-0.25, -0.2) is 0 Å². The molecule has 1 aliphatic rings. The predicted octanol–water partition coefficient (Wildman–Crippen LogP) is 2.18. The van der Waals surface area contributed by atoms with Gasteiger partial charge in [0, 0.05) is 10.6 Å².